The molecule has 54 valence electrons. The predicted octanol–water partition coefficient (Wildman–Crippen LogP) is 0.494. The van der Waals surface area contributed by atoms with Gasteiger partial charge in [0.2, 0.25) is 0 Å². The van der Waals surface area contributed by atoms with Gasteiger partial charge in [0.25, 0.3) is 0 Å². The highest BCUT2D eigenvalue weighted by molar-refractivity contribution is 4.82. The second-order valence-corrected chi connectivity index (χ2v) is 2.29. The van der Waals surface area contributed by atoms with Crippen LogP contribution in [0.2, 0.25) is 0 Å². The fourth-order valence-electron chi connectivity index (χ4n) is 0.997. The lowest BCUT2D eigenvalue weighted by Crippen LogP contribution is -2.24. The summed E-state index contributed by atoms with van der Waals surface area (Å²) in [4.78, 5) is 0. The van der Waals surface area contributed by atoms with E-state index in [1.165, 1.54) is 0 Å². The first-order chi connectivity index (χ1) is 4.25. The van der Waals surface area contributed by atoms with Crippen molar-refractivity contribution in [1.82, 2.24) is 0 Å². The maximum Gasteiger partial charge on any atom is 0.154 e. The summed E-state index contributed by atoms with van der Waals surface area (Å²) in [7, 11) is 0. The van der Waals surface area contributed by atoms with Gasteiger partial charge in [-0.1, -0.05) is 6.92 Å². The van der Waals surface area contributed by atoms with Gasteiger partial charge < -0.3 is 9.84 Å². The third-order valence-corrected chi connectivity index (χ3v) is 1.61. The summed E-state index contributed by atoms with van der Waals surface area (Å²) < 4.78 is 17.5. The number of rotatable bonds is 1. The largest absolute Gasteiger partial charge is 0.388 e. The summed E-state index contributed by atoms with van der Waals surface area (Å²) in [6.07, 6.45) is -1.80. The van der Waals surface area contributed by atoms with Crippen LogP contribution in [-0.2, 0) is 4.74 Å². The van der Waals surface area contributed by atoms with Crippen molar-refractivity contribution in [3.05, 3.63) is 0 Å². The Morgan fingerprint density at radius 1 is 1.78 bits per heavy atom. The first kappa shape index (κ1) is 6.96. The SMILES string of the molecule is CC[C@H]1OC[C@@H](O)[C@H]1F. The number of aliphatic hydroxyl groups is 1. The molecule has 1 rings (SSSR count). The van der Waals surface area contributed by atoms with Crippen LogP contribution in [0.25, 0.3) is 0 Å². The van der Waals surface area contributed by atoms with Crippen LogP contribution in [-0.4, -0.2) is 30.1 Å². The van der Waals surface area contributed by atoms with Crippen LogP contribution in [0.1, 0.15) is 13.3 Å². The number of halogens is 1. The average Bonchev–Trinajstić information content (AvgIpc) is 2.15. The summed E-state index contributed by atoms with van der Waals surface area (Å²) >= 11 is 0. The molecular formula is C6H11FO2. The van der Waals surface area contributed by atoms with E-state index < -0.39 is 12.3 Å². The lowest BCUT2D eigenvalue weighted by atomic mass is 10.1. The topological polar surface area (TPSA) is 29.5 Å². The molecule has 0 amide bonds. The smallest absolute Gasteiger partial charge is 0.154 e. The molecule has 1 heterocycles. The van der Waals surface area contributed by atoms with Crippen molar-refractivity contribution in [2.45, 2.75) is 31.7 Å². The Labute approximate surface area is 53.6 Å². The van der Waals surface area contributed by atoms with Crippen molar-refractivity contribution in [1.29, 1.82) is 0 Å². The van der Waals surface area contributed by atoms with Crippen molar-refractivity contribution in [3.8, 4) is 0 Å². The van der Waals surface area contributed by atoms with Crippen LogP contribution in [0.4, 0.5) is 4.39 Å². The summed E-state index contributed by atoms with van der Waals surface area (Å²) in [5.41, 5.74) is 0. The van der Waals surface area contributed by atoms with Gasteiger partial charge >= 0.3 is 0 Å². The molecular weight excluding hydrogens is 123 g/mol. The molecule has 0 aromatic carbocycles. The highest BCUT2D eigenvalue weighted by atomic mass is 19.1. The lowest BCUT2D eigenvalue weighted by molar-refractivity contribution is 0.0750. The summed E-state index contributed by atoms with van der Waals surface area (Å²) in [5, 5.41) is 8.80. The van der Waals surface area contributed by atoms with Gasteiger partial charge in [0.15, 0.2) is 6.17 Å². The second-order valence-electron chi connectivity index (χ2n) is 2.29. The Hall–Kier alpha value is -0.150. The first-order valence-corrected chi connectivity index (χ1v) is 3.19. The quantitative estimate of drug-likeness (QED) is 0.565. The highest BCUT2D eigenvalue weighted by Crippen LogP contribution is 2.19. The third kappa shape index (κ3) is 1.22. The minimum absolute atomic E-state index is 0.152. The van der Waals surface area contributed by atoms with E-state index in [-0.39, 0.29) is 12.7 Å². The zero-order chi connectivity index (χ0) is 6.85. The Kier molecular flexibility index (Phi) is 2.03. The zero-order valence-corrected chi connectivity index (χ0v) is 5.38. The Bertz CT molecular complexity index is 97.1. The number of aliphatic hydroxyl groups excluding tert-OH is 1. The molecule has 0 radical (unpaired) electrons. The molecule has 0 aromatic heterocycles. The molecule has 1 fully saturated rings. The minimum Gasteiger partial charge on any atom is -0.388 e. The maximum absolute atomic E-state index is 12.6. The molecule has 1 aliphatic rings. The van der Waals surface area contributed by atoms with Crippen molar-refractivity contribution >= 4 is 0 Å². The van der Waals surface area contributed by atoms with Gasteiger partial charge in [0.1, 0.15) is 6.10 Å². The van der Waals surface area contributed by atoms with Crippen molar-refractivity contribution in [3.63, 3.8) is 0 Å². The molecule has 9 heavy (non-hydrogen) atoms. The van der Waals surface area contributed by atoms with E-state index in [0.29, 0.717) is 6.42 Å². The molecule has 1 N–H and O–H groups in total. The standard InChI is InChI=1S/C6H11FO2/c1-2-5-6(7)4(8)3-9-5/h4-6,8H,2-3H2,1H3/t4-,5-,6-/m1/s1. The average molecular weight is 134 g/mol. The van der Waals surface area contributed by atoms with Crippen LogP contribution in [0, 0.1) is 0 Å². The fraction of sp³-hybridized carbons (Fsp3) is 1.00. The number of hydrogen-bond donors (Lipinski definition) is 1. The second kappa shape index (κ2) is 2.62. The molecule has 0 spiro atoms. The highest BCUT2D eigenvalue weighted by Gasteiger charge is 2.34. The Morgan fingerprint density at radius 3 is 2.67 bits per heavy atom. The van der Waals surface area contributed by atoms with E-state index >= 15 is 0 Å². The molecule has 0 aromatic rings. The van der Waals surface area contributed by atoms with E-state index in [4.69, 9.17) is 9.84 Å². The van der Waals surface area contributed by atoms with Gasteiger partial charge in [-0.05, 0) is 6.42 Å². The Balaban J connectivity index is 2.41. The van der Waals surface area contributed by atoms with E-state index in [1.807, 2.05) is 6.92 Å². The van der Waals surface area contributed by atoms with Gasteiger partial charge in [0, 0.05) is 0 Å². The molecule has 1 aliphatic heterocycles. The summed E-state index contributed by atoms with van der Waals surface area (Å²) in [6.45, 7) is 2.00. The molecule has 3 atom stereocenters. The molecule has 1 saturated heterocycles. The molecule has 2 nitrogen and oxygen atoms in total. The molecule has 0 saturated carbocycles. The van der Waals surface area contributed by atoms with Crippen LogP contribution >= 0.6 is 0 Å². The number of alkyl halides is 1. The molecule has 0 aliphatic carbocycles. The van der Waals surface area contributed by atoms with Gasteiger partial charge in [-0.15, -0.1) is 0 Å². The van der Waals surface area contributed by atoms with Crippen LogP contribution in [0.5, 0.6) is 0 Å². The minimum atomic E-state index is -1.17. The van der Waals surface area contributed by atoms with Crippen molar-refractivity contribution in [2.24, 2.45) is 0 Å². The van der Waals surface area contributed by atoms with E-state index in [9.17, 15) is 4.39 Å². The monoisotopic (exact) mass is 134 g/mol. The van der Waals surface area contributed by atoms with E-state index in [0.717, 1.165) is 0 Å². The van der Waals surface area contributed by atoms with Crippen LogP contribution in [0.15, 0.2) is 0 Å². The van der Waals surface area contributed by atoms with Gasteiger partial charge in [0.05, 0.1) is 12.7 Å². The lowest BCUT2D eigenvalue weighted by Gasteiger charge is -2.08. The normalized spacial score (nSPS) is 43.7. The van der Waals surface area contributed by atoms with E-state index in [1.54, 1.807) is 0 Å². The zero-order valence-electron chi connectivity index (χ0n) is 5.38. The number of ether oxygens (including phenoxy) is 1. The number of hydrogen-bond acceptors (Lipinski definition) is 2. The molecule has 0 unspecified atom stereocenters. The fourth-order valence-corrected chi connectivity index (χ4v) is 0.997. The van der Waals surface area contributed by atoms with Gasteiger partial charge in [-0.3, -0.25) is 0 Å². The predicted molar refractivity (Wildman–Crippen MR) is 30.9 cm³/mol. The summed E-state index contributed by atoms with van der Waals surface area (Å²) in [5.74, 6) is 0. The van der Waals surface area contributed by atoms with Crippen molar-refractivity contribution < 1.29 is 14.2 Å². The molecule has 3 heteroatoms. The maximum atomic E-state index is 12.6. The molecule has 0 bridgehead atoms. The van der Waals surface area contributed by atoms with Crippen LogP contribution in [0.3, 0.4) is 0 Å². The summed E-state index contributed by atoms with van der Waals surface area (Å²) in [6, 6.07) is 0. The van der Waals surface area contributed by atoms with Gasteiger partial charge in [-0.25, -0.2) is 4.39 Å². The van der Waals surface area contributed by atoms with Gasteiger partial charge in [-0.2, -0.15) is 0 Å². The Morgan fingerprint density at radius 2 is 2.44 bits per heavy atom. The third-order valence-electron chi connectivity index (χ3n) is 1.61. The first-order valence-electron chi connectivity index (χ1n) is 3.19. The van der Waals surface area contributed by atoms with Crippen molar-refractivity contribution in [2.75, 3.05) is 6.61 Å². The van der Waals surface area contributed by atoms with Crippen LogP contribution < -0.4 is 0 Å². The van der Waals surface area contributed by atoms with E-state index in [2.05, 4.69) is 0 Å².